The molecule has 4 aromatic heterocycles. The van der Waals surface area contributed by atoms with Crippen LogP contribution in [0.2, 0.25) is 0 Å². The second kappa shape index (κ2) is 14.6. The van der Waals surface area contributed by atoms with Crippen LogP contribution in [-0.4, -0.2) is 15.0 Å². The van der Waals surface area contributed by atoms with Gasteiger partial charge in [0.25, 0.3) is 0 Å². The molecule has 51 heavy (non-hydrogen) atoms. The van der Waals surface area contributed by atoms with Crippen LogP contribution in [0.3, 0.4) is 0 Å². The van der Waals surface area contributed by atoms with Crippen molar-refractivity contribution in [2.24, 2.45) is 0 Å². The summed E-state index contributed by atoms with van der Waals surface area (Å²) in [5.74, 6) is -0.800. The Labute approximate surface area is 319 Å². The summed E-state index contributed by atoms with van der Waals surface area (Å²) < 4.78 is 16.6. The molecule has 0 unspecified atom stereocenters. The van der Waals surface area contributed by atoms with Gasteiger partial charge in [0, 0.05) is 44.7 Å². The maximum atomic E-state index is 8.83. The van der Waals surface area contributed by atoms with Crippen molar-refractivity contribution >= 4 is 43.5 Å². The number of furan rings is 1. The molecule has 4 nitrogen and oxygen atoms in total. The van der Waals surface area contributed by atoms with Crippen molar-refractivity contribution in [1.82, 2.24) is 15.0 Å². The summed E-state index contributed by atoms with van der Waals surface area (Å²) in [6.45, 7) is 16.7. The van der Waals surface area contributed by atoms with Crippen molar-refractivity contribution in [3.63, 3.8) is 0 Å². The molecular weight excluding hydrogens is 823 g/mol. The zero-order valence-electron chi connectivity index (χ0n) is 31.2. The molecule has 4 aromatic carbocycles. The number of hydrogen-bond donors (Lipinski definition) is 0. The number of fused-ring (bicyclic) bond motifs is 5. The summed E-state index contributed by atoms with van der Waals surface area (Å²) in [7, 11) is 0. The number of rotatable bonds is 4. The minimum atomic E-state index is -0.800. The predicted molar refractivity (Wildman–Crippen MR) is 210 cm³/mol. The second-order valence-electron chi connectivity index (χ2n) is 14.1. The first-order valence-corrected chi connectivity index (χ1v) is 17.8. The average molecular weight is 865 g/mol. The maximum Gasteiger partial charge on any atom is 0.148 e. The molecule has 0 saturated heterocycles. The molecule has 0 atom stereocenters. The van der Waals surface area contributed by atoms with Crippen molar-refractivity contribution in [2.75, 3.05) is 0 Å². The van der Waals surface area contributed by atoms with Crippen LogP contribution < -0.4 is 0 Å². The van der Waals surface area contributed by atoms with Gasteiger partial charge in [0.1, 0.15) is 11.1 Å². The summed E-state index contributed by atoms with van der Waals surface area (Å²) in [6, 6.07) is 35.2. The second-order valence-corrected chi connectivity index (χ2v) is 15.2. The summed E-state index contributed by atoms with van der Waals surface area (Å²) in [5.41, 5.74) is 12.7. The number of thiazole rings is 1. The van der Waals surface area contributed by atoms with Gasteiger partial charge in [0.15, 0.2) is 0 Å². The summed E-state index contributed by atoms with van der Waals surface area (Å²) in [5, 5.41) is 3.18. The van der Waals surface area contributed by atoms with Crippen molar-refractivity contribution in [1.29, 1.82) is 0 Å². The minimum Gasteiger partial charge on any atom is -0.498 e. The van der Waals surface area contributed by atoms with Gasteiger partial charge < -0.3 is 14.4 Å². The van der Waals surface area contributed by atoms with E-state index in [0.717, 1.165) is 76.4 Å². The van der Waals surface area contributed by atoms with Crippen molar-refractivity contribution in [2.45, 2.75) is 66.7 Å². The first-order valence-electron chi connectivity index (χ1n) is 17.4. The van der Waals surface area contributed by atoms with Gasteiger partial charge in [-0.15, -0.1) is 65.4 Å². The van der Waals surface area contributed by atoms with E-state index < -0.39 is 5.89 Å². The Morgan fingerprint density at radius 1 is 0.784 bits per heavy atom. The zero-order valence-corrected chi connectivity index (χ0v) is 33.4. The monoisotopic (exact) mass is 865 g/mol. The van der Waals surface area contributed by atoms with Crippen molar-refractivity contribution < 1.29 is 25.9 Å². The molecule has 0 saturated carbocycles. The molecule has 8 rings (SSSR count). The Hall–Kier alpha value is -4.48. The van der Waals surface area contributed by atoms with Crippen molar-refractivity contribution in [3.8, 4) is 33.6 Å². The Morgan fingerprint density at radius 2 is 1.53 bits per heavy atom. The van der Waals surface area contributed by atoms with Crippen molar-refractivity contribution in [3.05, 3.63) is 137 Å². The van der Waals surface area contributed by atoms with E-state index in [4.69, 9.17) is 15.8 Å². The summed E-state index contributed by atoms with van der Waals surface area (Å²) in [6.07, 6.45) is 3.73. The molecule has 0 aliphatic heterocycles. The third-order valence-corrected chi connectivity index (χ3v) is 10.4. The molecule has 0 spiro atoms. The van der Waals surface area contributed by atoms with Crippen LogP contribution in [0.4, 0.5) is 0 Å². The number of aryl methyl sites for hydroxylation is 3. The molecule has 0 fully saturated rings. The van der Waals surface area contributed by atoms with E-state index in [9.17, 15) is 0 Å². The number of aromatic nitrogens is 3. The normalized spacial score (nSPS) is 12.0. The molecule has 4 heterocycles. The van der Waals surface area contributed by atoms with E-state index in [1.54, 1.807) is 11.3 Å². The van der Waals surface area contributed by atoms with Gasteiger partial charge in [0.05, 0.1) is 15.3 Å². The molecule has 0 amide bonds. The van der Waals surface area contributed by atoms with Gasteiger partial charge in [-0.25, -0.2) is 4.98 Å². The third kappa shape index (κ3) is 7.19. The van der Waals surface area contributed by atoms with Gasteiger partial charge in [-0.3, -0.25) is 0 Å². The number of benzene rings is 4. The van der Waals surface area contributed by atoms with E-state index in [-0.39, 0.29) is 25.5 Å². The van der Waals surface area contributed by atoms with E-state index >= 15 is 0 Å². The maximum absolute atomic E-state index is 8.83. The average Bonchev–Trinajstić information content (AvgIpc) is 3.71. The van der Waals surface area contributed by atoms with Crippen LogP contribution in [-0.2, 0) is 25.5 Å². The topological polar surface area (TPSA) is 51.8 Å². The fraction of sp³-hybridized carbons (Fsp3) is 0.222. The van der Waals surface area contributed by atoms with Crippen LogP contribution in [0.15, 0.2) is 102 Å². The van der Waals surface area contributed by atoms with Crippen LogP contribution >= 0.6 is 11.3 Å². The van der Waals surface area contributed by atoms with E-state index in [2.05, 4.69) is 100 Å². The van der Waals surface area contributed by atoms with E-state index in [1.807, 2.05) is 69.6 Å². The first kappa shape index (κ1) is 34.9. The fourth-order valence-corrected chi connectivity index (χ4v) is 7.34. The van der Waals surface area contributed by atoms with E-state index in [0.29, 0.717) is 0 Å². The van der Waals surface area contributed by atoms with Gasteiger partial charge in [-0.05, 0) is 77.5 Å². The molecule has 1 radical (unpaired) electrons. The van der Waals surface area contributed by atoms with E-state index in [1.165, 1.54) is 16.7 Å². The molecule has 8 aromatic rings. The first-order chi connectivity index (χ1) is 24.3. The molecule has 0 aliphatic rings. The standard InChI is InChI=1S/C33H31N2OS.C12H10N.Ir/c1-18(2)25-17-34-26(16-24(25)28-19(3)10-8-11-20(28)4)23-13-9-12-21-22-14-15-27-29(31(22)36-30(21)23)35-32(37-27)33(5,6)7;1-10-7-8-12(13-9-10)11-5-3-2-4-6-11;/h8-12,14-18H,1-7H3;2-5,7-9H,1H3;/q2*-1;/i18D;;. The minimum absolute atomic E-state index is 0. The van der Waals surface area contributed by atoms with Crippen LogP contribution in [0.5, 0.6) is 0 Å². The largest absolute Gasteiger partial charge is 0.498 e. The van der Waals surface area contributed by atoms with Crippen LogP contribution in [0.25, 0.3) is 65.8 Å². The summed E-state index contributed by atoms with van der Waals surface area (Å²) >= 11 is 1.73. The van der Waals surface area contributed by atoms with Gasteiger partial charge in [0.2, 0.25) is 0 Å². The van der Waals surface area contributed by atoms with Gasteiger partial charge >= 0.3 is 0 Å². The summed E-state index contributed by atoms with van der Waals surface area (Å²) in [4.78, 5) is 14.2. The number of hydrogen-bond acceptors (Lipinski definition) is 5. The van der Waals surface area contributed by atoms with Crippen LogP contribution in [0.1, 0.15) is 69.1 Å². The Balaban J connectivity index is 0.000000279. The number of nitrogens with zero attached hydrogens (tertiary/aromatic N) is 3. The molecule has 0 bridgehead atoms. The van der Waals surface area contributed by atoms with Gasteiger partial charge in [-0.1, -0.05) is 88.0 Å². The smallest absolute Gasteiger partial charge is 0.148 e. The third-order valence-electron chi connectivity index (χ3n) is 8.95. The molecule has 259 valence electrons. The SMILES string of the molecule is Cc1ccc(-c2[c-]cccc2)nc1.[2H]C(C)(C)c1cnc(-c2[c-]ccc3c2oc2c3ccc3sc(C(C)(C)C)nc32)cc1-c1c(C)cccc1C.[Ir]. The van der Waals surface area contributed by atoms with Gasteiger partial charge in [-0.2, -0.15) is 0 Å². The fourth-order valence-electron chi connectivity index (χ4n) is 6.32. The Bertz CT molecular complexity index is 2500. The molecular formula is C45H41IrN3OS-2. The quantitative estimate of drug-likeness (QED) is 0.165. The molecule has 6 heteroatoms. The Kier molecular flexibility index (Phi) is 10.0. The number of pyridine rings is 2. The predicted octanol–water partition coefficient (Wildman–Crippen LogP) is 12.6. The van der Waals surface area contributed by atoms with Crippen LogP contribution in [0, 0.1) is 32.9 Å². The zero-order chi connectivity index (χ0) is 36.1. The Morgan fingerprint density at radius 3 is 2.20 bits per heavy atom. The molecule has 0 N–H and O–H groups in total. The molecule has 0 aliphatic carbocycles.